The van der Waals surface area contributed by atoms with Gasteiger partial charge in [-0.3, -0.25) is 14.7 Å². The van der Waals surface area contributed by atoms with E-state index in [0.717, 1.165) is 16.8 Å². The summed E-state index contributed by atoms with van der Waals surface area (Å²) in [6.45, 7) is 3.64. The van der Waals surface area contributed by atoms with Gasteiger partial charge in [0.15, 0.2) is 5.16 Å². The van der Waals surface area contributed by atoms with Gasteiger partial charge < -0.3 is 0 Å². The average Bonchev–Trinajstić information content (AvgIpc) is 2.96. The molecular weight excluding hydrogens is 372 g/mol. The van der Waals surface area contributed by atoms with E-state index in [-0.39, 0.29) is 16.7 Å². The van der Waals surface area contributed by atoms with Gasteiger partial charge in [-0.05, 0) is 43.7 Å². The molecule has 1 aromatic heterocycles. The zero-order chi connectivity index (χ0) is 18.7. The van der Waals surface area contributed by atoms with Crippen molar-refractivity contribution < 1.29 is 4.92 Å². The van der Waals surface area contributed by atoms with Gasteiger partial charge in [-0.1, -0.05) is 53.2 Å². The average molecular weight is 389 g/mol. The van der Waals surface area contributed by atoms with Crippen molar-refractivity contribution in [2.45, 2.75) is 24.3 Å². The van der Waals surface area contributed by atoms with Crippen LogP contribution in [0.25, 0.3) is 5.69 Å². The molecule has 3 rings (SSSR count). The maximum Gasteiger partial charge on any atom is 0.220 e. The first-order valence-electron chi connectivity index (χ1n) is 7.97. The summed E-state index contributed by atoms with van der Waals surface area (Å²) >= 11 is 7.30. The van der Waals surface area contributed by atoms with Gasteiger partial charge in [-0.25, -0.2) is 0 Å². The number of halogens is 1. The topological polar surface area (TPSA) is 73.8 Å². The number of thioether (sulfide) groups is 1. The summed E-state index contributed by atoms with van der Waals surface area (Å²) in [5.74, 6) is 0.707. The second kappa shape index (κ2) is 7.88. The van der Waals surface area contributed by atoms with Crippen LogP contribution in [0.15, 0.2) is 53.7 Å². The molecule has 6 nitrogen and oxygen atoms in total. The number of rotatable bonds is 6. The Kier molecular flexibility index (Phi) is 5.58. The molecule has 0 aliphatic carbocycles. The van der Waals surface area contributed by atoms with E-state index < -0.39 is 0 Å². The van der Waals surface area contributed by atoms with Crippen molar-refractivity contribution in [1.29, 1.82) is 0 Å². The highest BCUT2D eigenvalue weighted by atomic mass is 35.5. The predicted octanol–water partition coefficient (Wildman–Crippen LogP) is 4.65. The number of nitrogens with zero attached hydrogens (tertiary/aromatic N) is 4. The van der Waals surface area contributed by atoms with Crippen molar-refractivity contribution >= 4 is 23.4 Å². The van der Waals surface area contributed by atoms with Gasteiger partial charge in [0.05, 0.1) is 0 Å². The molecule has 0 bridgehead atoms. The van der Waals surface area contributed by atoms with Crippen LogP contribution in [0.4, 0.5) is 0 Å². The normalized spacial score (nSPS) is 12.1. The Labute approximate surface area is 160 Å². The Morgan fingerprint density at radius 2 is 1.77 bits per heavy atom. The van der Waals surface area contributed by atoms with Crippen molar-refractivity contribution in [3.63, 3.8) is 0 Å². The predicted molar refractivity (Wildman–Crippen MR) is 103 cm³/mol. The third-order valence-electron chi connectivity index (χ3n) is 3.89. The van der Waals surface area contributed by atoms with Crippen LogP contribution in [-0.4, -0.2) is 26.2 Å². The van der Waals surface area contributed by atoms with E-state index in [4.69, 9.17) is 11.6 Å². The van der Waals surface area contributed by atoms with E-state index in [1.165, 1.54) is 11.8 Å². The molecule has 1 atom stereocenters. The van der Waals surface area contributed by atoms with Crippen molar-refractivity contribution in [3.8, 4) is 5.69 Å². The number of hydrogen-bond donors (Lipinski definition) is 0. The largest absolute Gasteiger partial charge is 0.274 e. The summed E-state index contributed by atoms with van der Waals surface area (Å²) in [4.78, 5) is 10.9. The molecule has 8 heteroatoms. The third-order valence-corrected chi connectivity index (χ3v) is 5.32. The van der Waals surface area contributed by atoms with Gasteiger partial charge in [-0.2, -0.15) is 0 Å². The highest BCUT2D eigenvalue weighted by molar-refractivity contribution is 7.99. The molecule has 0 unspecified atom stereocenters. The van der Waals surface area contributed by atoms with Gasteiger partial charge >= 0.3 is 0 Å². The van der Waals surface area contributed by atoms with E-state index in [1.54, 1.807) is 12.1 Å². The first kappa shape index (κ1) is 18.4. The summed E-state index contributed by atoms with van der Waals surface area (Å²) in [6, 6.07) is 15.1. The van der Waals surface area contributed by atoms with Gasteiger partial charge in [0.1, 0.15) is 11.1 Å². The molecule has 2 aromatic carbocycles. The van der Waals surface area contributed by atoms with Crippen LogP contribution in [0, 0.1) is 24.0 Å². The zero-order valence-electron chi connectivity index (χ0n) is 14.3. The quantitative estimate of drug-likeness (QED) is 0.349. The molecule has 0 aliphatic heterocycles. The smallest absolute Gasteiger partial charge is 0.220 e. The molecule has 0 aliphatic rings. The van der Waals surface area contributed by atoms with E-state index >= 15 is 0 Å². The summed E-state index contributed by atoms with van der Waals surface area (Å²) in [6.07, 6.45) is 0. The van der Waals surface area contributed by atoms with Crippen LogP contribution < -0.4 is 0 Å². The second-order valence-corrected chi connectivity index (χ2v) is 7.48. The van der Waals surface area contributed by atoms with Crippen LogP contribution in [0.2, 0.25) is 5.02 Å². The number of aryl methyl sites for hydroxylation is 2. The van der Waals surface area contributed by atoms with Crippen LogP contribution in [-0.2, 0) is 0 Å². The lowest BCUT2D eigenvalue weighted by molar-refractivity contribution is -0.479. The summed E-state index contributed by atoms with van der Waals surface area (Å²) in [7, 11) is 0. The summed E-state index contributed by atoms with van der Waals surface area (Å²) < 4.78 is 1.88. The van der Waals surface area contributed by atoms with Crippen LogP contribution in [0.1, 0.15) is 22.2 Å². The Morgan fingerprint density at radius 1 is 1.12 bits per heavy atom. The fourth-order valence-electron chi connectivity index (χ4n) is 2.56. The van der Waals surface area contributed by atoms with E-state index in [9.17, 15) is 10.1 Å². The SMILES string of the molecule is Cc1ccc([C@H](C[N+](=O)[O-])Sc2nnc(C)n2-c2ccc(Cl)cc2)cc1. The van der Waals surface area contributed by atoms with Crippen molar-refractivity contribution in [3.05, 3.63) is 80.6 Å². The minimum absolute atomic E-state index is 0.194. The van der Waals surface area contributed by atoms with E-state index in [0.29, 0.717) is 16.0 Å². The first-order chi connectivity index (χ1) is 12.4. The molecule has 0 fully saturated rings. The first-order valence-corrected chi connectivity index (χ1v) is 9.23. The lowest BCUT2D eigenvalue weighted by atomic mass is 10.1. The molecule has 0 saturated carbocycles. The molecule has 0 spiro atoms. The Hall–Kier alpha value is -2.38. The van der Waals surface area contributed by atoms with Crippen LogP contribution in [0.3, 0.4) is 0 Å². The second-order valence-electron chi connectivity index (χ2n) is 5.87. The molecule has 1 heterocycles. The minimum atomic E-state index is -0.361. The summed E-state index contributed by atoms with van der Waals surface area (Å²) in [5, 5.41) is 20.4. The number of nitro groups is 1. The van der Waals surface area contributed by atoms with E-state index in [1.807, 2.05) is 54.8 Å². The fourth-order valence-corrected chi connectivity index (χ4v) is 3.86. The van der Waals surface area contributed by atoms with Crippen LogP contribution in [0.5, 0.6) is 0 Å². The van der Waals surface area contributed by atoms with E-state index in [2.05, 4.69) is 10.2 Å². The van der Waals surface area contributed by atoms with Crippen LogP contribution >= 0.6 is 23.4 Å². The highest BCUT2D eigenvalue weighted by Gasteiger charge is 2.23. The molecular formula is C18H17ClN4O2S. The maximum absolute atomic E-state index is 11.2. The Bertz CT molecular complexity index is 910. The molecule has 134 valence electrons. The lowest BCUT2D eigenvalue weighted by Gasteiger charge is -2.14. The molecule has 26 heavy (non-hydrogen) atoms. The van der Waals surface area contributed by atoms with Crippen molar-refractivity contribution in [2.24, 2.45) is 0 Å². The number of hydrogen-bond acceptors (Lipinski definition) is 5. The van der Waals surface area contributed by atoms with Crippen molar-refractivity contribution in [2.75, 3.05) is 6.54 Å². The van der Waals surface area contributed by atoms with Crippen molar-refractivity contribution in [1.82, 2.24) is 14.8 Å². The third kappa shape index (κ3) is 4.23. The number of benzene rings is 2. The van der Waals surface area contributed by atoms with Gasteiger partial charge in [0.2, 0.25) is 6.54 Å². The molecule has 0 saturated heterocycles. The standard InChI is InChI=1S/C18H17ClN4O2S/c1-12-3-5-14(6-4-12)17(11-22(24)25)26-18-21-20-13(2)23(18)16-9-7-15(19)8-10-16/h3-10,17H,11H2,1-2H3/t17-/m0/s1. The maximum atomic E-state index is 11.2. The monoisotopic (exact) mass is 388 g/mol. The minimum Gasteiger partial charge on any atom is -0.274 e. The van der Waals surface area contributed by atoms with Gasteiger partial charge in [0.25, 0.3) is 0 Å². The van der Waals surface area contributed by atoms with Gasteiger partial charge in [-0.15, -0.1) is 10.2 Å². The Morgan fingerprint density at radius 3 is 2.38 bits per heavy atom. The molecule has 0 radical (unpaired) electrons. The molecule has 3 aromatic rings. The number of aromatic nitrogens is 3. The highest BCUT2D eigenvalue weighted by Crippen LogP contribution is 2.36. The zero-order valence-corrected chi connectivity index (χ0v) is 15.9. The molecule has 0 amide bonds. The van der Waals surface area contributed by atoms with Gasteiger partial charge in [0, 0.05) is 15.6 Å². The fraction of sp³-hybridized carbons (Fsp3) is 0.222. The Balaban J connectivity index is 1.95. The molecule has 0 N–H and O–H groups in total. The summed E-state index contributed by atoms with van der Waals surface area (Å²) in [5.41, 5.74) is 2.86. The lowest BCUT2D eigenvalue weighted by Crippen LogP contribution is -2.11.